The molecule has 0 fully saturated rings. The first-order chi connectivity index (χ1) is 15.8. The van der Waals surface area contributed by atoms with Crippen LogP contribution in [0.15, 0.2) is 54.7 Å². The molecule has 0 aliphatic carbocycles. The van der Waals surface area contributed by atoms with Crippen LogP contribution in [-0.2, 0) is 17.6 Å². The van der Waals surface area contributed by atoms with Crippen LogP contribution in [0.5, 0.6) is 0 Å². The number of nitrogens with zero attached hydrogens (tertiary/aromatic N) is 1. The second-order valence-corrected chi connectivity index (χ2v) is 8.18. The lowest BCUT2D eigenvalue weighted by molar-refractivity contribution is -0.115. The number of hydrogen-bond donors (Lipinski definition) is 3. The highest BCUT2D eigenvalue weighted by atomic mass is 16.1. The normalized spacial score (nSPS) is 10.4. The van der Waals surface area contributed by atoms with Crippen molar-refractivity contribution in [2.24, 2.45) is 0 Å². The summed E-state index contributed by atoms with van der Waals surface area (Å²) in [5.41, 5.74) is 11.7. The Labute approximate surface area is 196 Å². The number of carbonyl (C=O) groups is 2. The molecule has 174 valence electrons. The second kappa shape index (κ2) is 12.5. The molecule has 3 aromatic rings. The van der Waals surface area contributed by atoms with E-state index in [9.17, 15) is 9.59 Å². The molecular weight excluding hydrogens is 412 g/mol. The van der Waals surface area contributed by atoms with E-state index >= 15 is 0 Å². The molecule has 0 atom stereocenters. The summed E-state index contributed by atoms with van der Waals surface area (Å²) in [6.45, 7) is 8.28. The number of rotatable bonds is 7. The van der Waals surface area contributed by atoms with Crippen LogP contribution in [0, 0.1) is 6.92 Å². The largest absolute Gasteiger partial charge is 0.383 e. The van der Waals surface area contributed by atoms with Crippen molar-refractivity contribution in [3.8, 4) is 11.1 Å². The fourth-order valence-corrected chi connectivity index (χ4v) is 3.08. The van der Waals surface area contributed by atoms with Gasteiger partial charge >= 0.3 is 0 Å². The van der Waals surface area contributed by atoms with E-state index in [1.165, 1.54) is 5.56 Å². The quantitative estimate of drug-likeness (QED) is 0.453. The van der Waals surface area contributed by atoms with E-state index in [-0.39, 0.29) is 11.7 Å². The maximum atomic E-state index is 12.3. The zero-order valence-corrected chi connectivity index (χ0v) is 20.1. The monoisotopic (exact) mass is 446 g/mol. The lowest BCUT2D eigenvalue weighted by atomic mass is 10.00. The molecule has 33 heavy (non-hydrogen) atoms. The van der Waals surface area contributed by atoms with Crippen molar-refractivity contribution in [1.82, 2.24) is 10.3 Å². The van der Waals surface area contributed by atoms with E-state index in [0.29, 0.717) is 24.3 Å². The number of benzene rings is 2. The topological polar surface area (TPSA) is 97.1 Å². The Morgan fingerprint density at radius 2 is 1.73 bits per heavy atom. The number of carbonyl (C=O) groups excluding carboxylic acids is 2. The van der Waals surface area contributed by atoms with Gasteiger partial charge in [-0.15, -0.1) is 0 Å². The Kier molecular flexibility index (Phi) is 9.76. The molecule has 0 saturated heterocycles. The van der Waals surface area contributed by atoms with E-state index in [0.717, 1.165) is 34.4 Å². The number of nitrogens with two attached hydrogens (primary N) is 1. The van der Waals surface area contributed by atoms with Crippen molar-refractivity contribution in [3.05, 3.63) is 77.0 Å². The summed E-state index contributed by atoms with van der Waals surface area (Å²) in [7, 11) is 1.95. The minimum Gasteiger partial charge on any atom is -0.383 e. The maximum absolute atomic E-state index is 12.3. The minimum atomic E-state index is -0.0613. The lowest BCUT2D eigenvalue weighted by Gasteiger charge is -2.11. The highest BCUT2D eigenvalue weighted by Gasteiger charge is 2.09. The molecule has 0 spiro atoms. The molecule has 1 aromatic heterocycles. The minimum absolute atomic E-state index is 0.0613. The molecule has 1 amide bonds. The van der Waals surface area contributed by atoms with Crippen LogP contribution >= 0.6 is 0 Å². The van der Waals surface area contributed by atoms with Gasteiger partial charge in [-0.3, -0.25) is 9.59 Å². The van der Waals surface area contributed by atoms with E-state index in [1.807, 2.05) is 44.3 Å². The van der Waals surface area contributed by atoms with Gasteiger partial charge in [-0.1, -0.05) is 51.1 Å². The Bertz CT molecular complexity index is 1080. The molecule has 1 heterocycles. The second-order valence-electron chi connectivity index (χ2n) is 8.18. The highest BCUT2D eigenvalue weighted by Crippen LogP contribution is 2.27. The smallest absolute Gasteiger partial charge is 0.228 e. The Morgan fingerprint density at radius 3 is 2.27 bits per heavy atom. The Morgan fingerprint density at radius 1 is 1.09 bits per heavy atom. The van der Waals surface area contributed by atoms with Crippen molar-refractivity contribution in [2.75, 3.05) is 18.1 Å². The third kappa shape index (κ3) is 7.84. The fourth-order valence-electron chi connectivity index (χ4n) is 3.08. The van der Waals surface area contributed by atoms with Crippen LogP contribution in [-0.4, -0.2) is 30.3 Å². The molecule has 6 nitrogen and oxygen atoms in total. The number of nitrogen functional groups attached to an aromatic ring is 1. The van der Waals surface area contributed by atoms with Gasteiger partial charge in [0.05, 0.1) is 12.0 Å². The molecule has 4 N–H and O–H groups in total. The zero-order valence-electron chi connectivity index (χ0n) is 20.1. The predicted molar refractivity (Wildman–Crippen MR) is 137 cm³/mol. The molecule has 0 unspecified atom stereocenters. The van der Waals surface area contributed by atoms with Gasteiger partial charge in [-0.25, -0.2) is 4.98 Å². The first kappa shape index (κ1) is 25.7. The summed E-state index contributed by atoms with van der Waals surface area (Å²) in [5.74, 6) is 0.154. The fraction of sp³-hybridized carbons (Fsp3) is 0.296. The predicted octanol–water partition coefficient (Wildman–Crippen LogP) is 4.81. The number of amides is 1. The van der Waals surface area contributed by atoms with Gasteiger partial charge in [0.25, 0.3) is 0 Å². The van der Waals surface area contributed by atoms with E-state index in [4.69, 9.17) is 5.73 Å². The molecule has 0 aliphatic rings. The lowest BCUT2D eigenvalue weighted by Crippen LogP contribution is -2.15. The van der Waals surface area contributed by atoms with Crippen LogP contribution in [0.25, 0.3) is 11.1 Å². The molecule has 0 saturated carbocycles. The molecular formula is C27H34N4O2. The van der Waals surface area contributed by atoms with Gasteiger partial charge in [-0.05, 0) is 60.8 Å². The van der Waals surface area contributed by atoms with Crippen molar-refractivity contribution >= 4 is 23.7 Å². The van der Waals surface area contributed by atoms with Gasteiger partial charge in [-0.2, -0.15) is 0 Å². The maximum Gasteiger partial charge on any atom is 0.228 e. The van der Waals surface area contributed by atoms with Gasteiger partial charge in [0, 0.05) is 23.5 Å². The average Bonchev–Trinajstić information content (AvgIpc) is 2.80. The standard InChI is InChI=1S/C23H23N3O2.C4H11N/c1-3-16-4-6-17(7-5-16)11-22(28)26-20-8-9-21(15(2)10-20)18-12-19(14-27)23(24)25-13-18;1-4(2)5-3/h4-10,12-14H,3,11H2,1-2H3,(H2,24,25)(H,26,28);4-5H,1-3H3. The molecule has 0 radical (unpaired) electrons. The summed E-state index contributed by atoms with van der Waals surface area (Å²) in [5, 5.41) is 5.97. The number of hydrogen-bond acceptors (Lipinski definition) is 5. The number of anilines is 2. The van der Waals surface area contributed by atoms with Crippen molar-refractivity contribution < 1.29 is 9.59 Å². The Hall–Kier alpha value is -3.51. The molecule has 0 aliphatic heterocycles. The van der Waals surface area contributed by atoms with Crippen LogP contribution in [0.4, 0.5) is 11.5 Å². The van der Waals surface area contributed by atoms with Gasteiger partial charge in [0.15, 0.2) is 6.29 Å². The third-order valence-corrected chi connectivity index (χ3v) is 5.27. The summed E-state index contributed by atoms with van der Waals surface area (Å²) < 4.78 is 0. The van der Waals surface area contributed by atoms with Gasteiger partial charge < -0.3 is 16.4 Å². The van der Waals surface area contributed by atoms with Crippen molar-refractivity contribution in [1.29, 1.82) is 0 Å². The Balaban J connectivity index is 0.000000696. The van der Waals surface area contributed by atoms with E-state index in [1.54, 1.807) is 12.3 Å². The first-order valence-corrected chi connectivity index (χ1v) is 11.1. The molecule has 3 rings (SSSR count). The van der Waals surface area contributed by atoms with Crippen molar-refractivity contribution in [3.63, 3.8) is 0 Å². The third-order valence-electron chi connectivity index (χ3n) is 5.27. The van der Waals surface area contributed by atoms with E-state index in [2.05, 4.69) is 48.5 Å². The zero-order chi connectivity index (χ0) is 24.4. The summed E-state index contributed by atoms with van der Waals surface area (Å²) >= 11 is 0. The number of aromatic nitrogens is 1. The number of aldehydes is 1. The van der Waals surface area contributed by atoms with Crippen LogP contribution in [0.1, 0.15) is 47.8 Å². The number of nitrogens with one attached hydrogen (secondary N) is 2. The average molecular weight is 447 g/mol. The summed E-state index contributed by atoms with van der Waals surface area (Å²) in [6.07, 6.45) is 3.65. The summed E-state index contributed by atoms with van der Waals surface area (Å²) in [4.78, 5) is 27.5. The first-order valence-electron chi connectivity index (χ1n) is 11.1. The summed E-state index contributed by atoms with van der Waals surface area (Å²) in [6, 6.07) is 16.1. The SMILES string of the molecule is CCc1ccc(CC(=O)Nc2ccc(-c3cnc(N)c(C=O)c3)c(C)c2)cc1.CNC(C)C. The van der Waals surface area contributed by atoms with Crippen LogP contribution in [0.2, 0.25) is 0 Å². The molecule has 6 heteroatoms. The molecule has 0 bridgehead atoms. The van der Waals surface area contributed by atoms with Crippen molar-refractivity contribution in [2.45, 2.75) is 46.6 Å². The van der Waals surface area contributed by atoms with Gasteiger partial charge in [0.1, 0.15) is 5.82 Å². The van der Waals surface area contributed by atoms with E-state index < -0.39 is 0 Å². The van der Waals surface area contributed by atoms with Crippen LogP contribution < -0.4 is 16.4 Å². The number of aryl methyl sites for hydroxylation is 2. The van der Waals surface area contributed by atoms with Gasteiger partial charge in [0.2, 0.25) is 5.91 Å². The highest BCUT2D eigenvalue weighted by molar-refractivity contribution is 5.93. The number of pyridine rings is 1. The van der Waals surface area contributed by atoms with Crippen LogP contribution in [0.3, 0.4) is 0 Å². The molecule has 2 aromatic carbocycles.